The van der Waals surface area contributed by atoms with Crippen molar-refractivity contribution in [2.75, 3.05) is 5.32 Å². The maximum absolute atomic E-state index is 6.26. The van der Waals surface area contributed by atoms with E-state index in [1.165, 1.54) is 11.8 Å². The Balaban J connectivity index is 1.49. The van der Waals surface area contributed by atoms with E-state index in [0.29, 0.717) is 22.5 Å². The van der Waals surface area contributed by atoms with Crippen LogP contribution in [0, 0.1) is 0 Å². The number of rotatable bonds is 4. The predicted octanol–water partition coefficient (Wildman–Crippen LogP) is 5.38. The molecule has 0 fully saturated rings. The maximum Gasteiger partial charge on any atom is 0.247 e. The molecule has 4 aromatic rings. The van der Waals surface area contributed by atoms with E-state index in [1.54, 1.807) is 12.4 Å². The molecule has 6 nitrogen and oxygen atoms in total. The van der Waals surface area contributed by atoms with Gasteiger partial charge in [0, 0.05) is 40.0 Å². The van der Waals surface area contributed by atoms with E-state index in [4.69, 9.17) is 16.3 Å². The summed E-state index contributed by atoms with van der Waals surface area (Å²) in [5.74, 6) is 1.08. The van der Waals surface area contributed by atoms with Gasteiger partial charge >= 0.3 is 0 Å². The maximum atomic E-state index is 6.26. The standard InChI is InChI=1S/C22H16ClN5OS/c23-17-7-3-1-5-15(17)13-30-22-26-21-19(27-28-22)16-6-2-4-8-18(16)25-20(29-21)14-9-11-24-12-10-14/h1-12,20,25H,13H2/t20-/m1/s1. The molecule has 0 unspecified atom stereocenters. The van der Waals surface area contributed by atoms with Gasteiger partial charge in [-0.1, -0.05) is 59.8 Å². The topological polar surface area (TPSA) is 72.8 Å². The van der Waals surface area contributed by atoms with Crippen molar-refractivity contribution in [1.82, 2.24) is 20.2 Å². The molecular weight excluding hydrogens is 418 g/mol. The van der Waals surface area contributed by atoms with Gasteiger partial charge in [-0.2, -0.15) is 4.98 Å². The summed E-state index contributed by atoms with van der Waals surface area (Å²) in [6.07, 6.45) is 3.05. The molecule has 0 radical (unpaired) electrons. The molecule has 0 saturated heterocycles. The smallest absolute Gasteiger partial charge is 0.247 e. The van der Waals surface area contributed by atoms with Crippen molar-refractivity contribution in [3.63, 3.8) is 0 Å². The van der Waals surface area contributed by atoms with E-state index in [1.807, 2.05) is 60.7 Å². The number of nitrogens with zero attached hydrogens (tertiary/aromatic N) is 4. The number of thioether (sulfide) groups is 1. The number of hydrogen-bond acceptors (Lipinski definition) is 7. The summed E-state index contributed by atoms with van der Waals surface area (Å²) in [6, 6.07) is 19.4. The molecule has 2 aromatic heterocycles. The molecule has 1 N–H and O–H groups in total. The summed E-state index contributed by atoms with van der Waals surface area (Å²) in [6.45, 7) is 0. The molecule has 0 amide bonds. The number of anilines is 1. The molecule has 1 aliphatic heterocycles. The van der Waals surface area contributed by atoms with Crippen molar-refractivity contribution in [2.45, 2.75) is 17.1 Å². The molecule has 1 atom stereocenters. The van der Waals surface area contributed by atoms with E-state index in [0.717, 1.165) is 27.4 Å². The first kappa shape index (κ1) is 18.8. The number of ether oxygens (including phenoxy) is 1. The molecule has 1 aliphatic rings. The lowest BCUT2D eigenvalue weighted by molar-refractivity contribution is 0.225. The second-order valence-electron chi connectivity index (χ2n) is 6.60. The van der Waals surface area contributed by atoms with Crippen LogP contribution in [0.25, 0.3) is 11.3 Å². The molecule has 30 heavy (non-hydrogen) atoms. The van der Waals surface area contributed by atoms with E-state index >= 15 is 0 Å². The van der Waals surface area contributed by atoms with Gasteiger partial charge in [-0.3, -0.25) is 4.98 Å². The van der Waals surface area contributed by atoms with E-state index in [2.05, 4.69) is 25.5 Å². The third-order valence-electron chi connectivity index (χ3n) is 4.66. The first-order valence-electron chi connectivity index (χ1n) is 9.31. The van der Waals surface area contributed by atoms with Gasteiger partial charge in [0.1, 0.15) is 0 Å². The Morgan fingerprint density at radius 2 is 1.77 bits per heavy atom. The summed E-state index contributed by atoms with van der Waals surface area (Å²) < 4.78 is 6.25. The molecule has 0 spiro atoms. The first-order chi connectivity index (χ1) is 14.8. The van der Waals surface area contributed by atoms with Crippen LogP contribution >= 0.6 is 23.4 Å². The van der Waals surface area contributed by atoms with Crippen LogP contribution in [0.15, 0.2) is 78.2 Å². The number of para-hydroxylation sites is 1. The number of pyridine rings is 1. The number of fused-ring (bicyclic) bond motifs is 3. The number of halogens is 1. The highest BCUT2D eigenvalue weighted by Crippen LogP contribution is 2.39. The minimum absolute atomic E-state index is 0.423. The highest BCUT2D eigenvalue weighted by atomic mass is 35.5. The second kappa shape index (κ2) is 8.30. The zero-order valence-electron chi connectivity index (χ0n) is 15.7. The minimum atomic E-state index is -0.423. The Labute approximate surface area is 182 Å². The normalized spacial score (nSPS) is 14.6. The number of benzene rings is 2. The zero-order valence-corrected chi connectivity index (χ0v) is 17.3. The van der Waals surface area contributed by atoms with Crippen LogP contribution in [-0.2, 0) is 5.75 Å². The van der Waals surface area contributed by atoms with Crippen molar-refractivity contribution in [2.24, 2.45) is 0 Å². The van der Waals surface area contributed by atoms with Crippen LogP contribution in [0.1, 0.15) is 17.4 Å². The Kier molecular flexibility index (Phi) is 5.21. The fourth-order valence-electron chi connectivity index (χ4n) is 3.16. The van der Waals surface area contributed by atoms with E-state index in [9.17, 15) is 0 Å². The average molecular weight is 434 g/mol. The summed E-state index contributed by atoms with van der Waals surface area (Å²) in [7, 11) is 0. The van der Waals surface area contributed by atoms with Gasteiger partial charge in [-0.25, -0.2) is 0 Å². The van der Waals surface area contributed by atoms with Crippen LogP contribution in [0.3, 0.4) is 0 Å². The van der Waals surface area contributed by atoms with Gasteiger partial charge in [0.05, 0.1) is 0 Å². The van der Waals surface area contributed by atoms with Crippen molar-refractivity contribution >= 4 is 29.1 Å². The van der Waals surface area contributed by atoms with Gasteiger partial charge in [-0.05, 0) is 29.8 Å². The van der Waals surface area contributed by atoms with Crippen LogP contribution in [0.5, 0.6) is 5.88 Å². The molecule has 0 bridgehead atoms. The van der Waals surface area contributed by atoms with Crippen molar-refractivity contribution in [3.05, 3.63) is 89.2 Å². The van der Waals surface area contributed by atoms with Crippen LogP contribution in [0.4, 0.5) is 5.69 Å². The summed E-state index contributed by atoms with van der Waals surface area (Å²) >= 11 is 7.73. The monoisotopic (exact) mass is 433 g/mol. The van der Waals surface area contributed by atoms with Crippen LogP contribution in [-0.4, -0.2) is 20.2 Å². The van der Waals surface area contributed by atoms with E-state index < -0.39 is 6.23 Å². The third-order valence-corrected chi connectivity index (χ3v) is 5.91. The Hall–Kier alpha value is -3.16. The molecule has 2 aromatic carbocycles. The summed E-state index contributed by atoms with van der Waals surface area (Å²) in [5.41, 5.74) is 4.37. The summed E-state index contributed by atoms with van der Waals surface area (Å²) in [5, 5.41) is 13.4. The van der Waals surface area contributed by atoms with Gasteiger partial charge in [0.2, 0.25) is 11.0 Å². The quantitative estimate of drug-likeness (QED) is 0.433. The zero-order chi connectivity index (χ0) is 20.3. The Morgan fingerprint density at radius 1 is 0.967 bits per heavy atom. The van der Waals surface area contributed by atoms with Crippen molar-refractivity contribution < 1.29 is 4.74 Å². The lowest BCUT2D eigenvalue weighted by atomic mass is 10.1. The lowest BCUT2D eigenvalue weighted by Crippen LogP contribution is -2.17. The first-order valence-corrected chi connectivity index (χ1v) is 10.7. The number of hydrogen-bond donors (Lipinski definition) is 1. The van der Waals surface area contributed by atoms with Gasteiger partial charge < -0.3 is 10.1 Å². The Bertz CT molecular complexity index is 1190. The second-order valence-corrected chi connectivity index (χ2v) is 7.95. The third kappa shape index (κ3) is 3.81. The van der Waals surface area contributed by atoms with Gasteiger partial charge in [-0.15, -0.1) is 10.2 Å². The molecule has 0 aliphatic carbocycles. The Morgan fingerprint density at radius 3 is 2.63 bits per heavy atom. The highest BCUT2D eigenvalue weighted by Gasteiger charge is 2.26. The van der Waals surface area contributed by atoms with Crippen LogP contribution in [0.2, 0.25) is 5.02 Å². The van der Waals surface area contributed by atoms with E-state index in [-0.39, 0.29) is 0 Å². The SMILES string of the molecule is Clc1ccccc1CSc1nnc2c(n1)O[C@H](c1ccncc1)Nc1ccccc1-2. The fraction of sp³-hybridized carbons (Fsp3) is 0.0909. The number of nitrogens with one attached hydrogen (secondary N) is 1. The number of aromatic nitrogens is 4. The summed E-state index contributed by atoms with van der Waals surface area (Å²) in [4.78, 5) is 8.75. The predicted molar refractivity (Wildman–Crippen MR) is 118 cm³/mol. The lowest BCUT2D eigenvalue weighted by Gasteiger charge is -2.19. The molecule has 0 saturated carbocycles. The molecule has 148 valence electrons. The van der Waals surface area contributed by atoms with Gasteiger partial charge in [0.15, 0.2) is 11.9 Å². The van der Waals surface area contributed by atoms with Gasteiger partial charge in [0.25, 0.3) is 0 Å². The molecule has 8 heteroatoms. The molecular formula is C22H16ClN5OS. The molecule has 5 rings (SSSR count). The largest absolute Gasteiger partial charge is 0.448 e. The van der Waals surface area contributed by atoms with Crippen molar-refractivity contribution in [3.8, 4) is 17.1 Å². The average Bonchev–Trinajstić information content (AvgIpc) is 2.96. The van der Waals surface area contributed by atoms with Crippen LogP contribution < -0.4 is 10.1 Å². The molecule has 3 heterocycles. The fourth-order valence-corrected chi connectivity index (χ4v) is 4.22. The van der Waals surface area contributed by atoms with Crippen molar-refractivity contribution in [1.29, 1.82) is 0 Å². The highest BCUT2D eigenvalue weighted by molar-refractivity contribution is 7.98. The minimum Gasteiger partial charge on any atom is -0.448 e.